The lowest BCUT2D eigenvalue weighted by Gasteiger charge is -2.35. The minimum absolute atomic E-state index is 0.0419. The minimum atomic E-state index is 0.0419. The highest BCUT2D eigenvalue weighted by Crippen LogP contribution is 2.28. The van der Waals surface area contributed by atoms with Gasteiger partial charge in [0.1, 0.15) is 0 Å². The molecule has 0 aromatic heterocycles. The third-order valence-corrected chi connectivity index (χ3v) is 4.74. The fourth-order valence-electron chi connectivity index (χ4n) is 3.47. The summed E-state index contributed by atoms with van der Waals surface area (Å²) in [5.41, 5.74) is 0. The summed E-state index contributed by atoms with van der Waals surface area (Å²) in [5.74, 6) is 2.35. The van der Waals surface area contributed by atoms with Gasteiger partial charge in [-0.3, -0.25) is 4.79 Å². The summed E-state index contributed by atoms with van der Waals surface area (Å²) in [6.07, 6.45) is 5.84. The highest BCUT2D eigenvalue weighted by atomic mass is 16.2. The normalized spacial score (nSPS) is 41.4. The van der Waals surface area contributed by atoms with Crippen LogP contribution in [0.25, 0.3) is 0 Å². The van der Waals surface area contributed by atoms with Gasteiger partial charge in [-0.05, 0) is 56.4 Å². The molecule has 5 unspecified atom stereocenters. The van der Waals surface area contributed by atoms with Crippen molar-refractivity contribution in [3.63, 3.8) is 0 Å². The third kappa shape index (κ3) is 3.47. The first-order chi connectivity index (χ1) is 8.56. The van der Waals surface area contributed by atoms with Crippen LogP contribution in [0.15, 0.2) is 0 Å². The molecule has 1 heterocycles. The summed E-state index contributed by atoms with van der Waals surface area (Å²) in [5, 5.41) is 6.63. The van der Waals surface area contributed by atoms with Crippen molar-refractivity contribution in [1.82, 2.24) is 10.6 Å². The van der Waals surface area contributed by atoms with Crippen LogP contribution in [0.1, 0.15) is 52.9 Å². The van der Waals surface area contributed by atoms with E-state index in [-0.39, 0.29) is 11.9 Å². The van der Waals surface area contributed by atoms with E-state index in [0.29, 0.717) is 17.9 Å². The number of carbonyl (C=O) groups is 1. The molecule has 2 N–H and O–H groups in total. The third-order valence-electron chi connectivity index (χ3n) is 4.74. The molecule has 2 fully saturated rings. The lowest BCUT2D eigenvalue weighted by Crippen LogP contribution is -2.53. The maximum Gasteiger partial charge on any atom is 0.237 e. The van der Waals surface area contributed by atoms with Gasteiger partial charge < -0.3 is 10.6 Å². The number of rotatable bonds is 2. The number of piperidine rings is 1. The van der Waals surface area contributed by atoms with Crippen LogP contribution in [0.4, 0.5) is 0 Å². The van der Waals surface area contributed by atoms with Gasteiger partial charge in [-0.2, -0.15) is 0 Å². The van der Waals surface area contributed by atoms with E-state index in [0.717, 1.165) is 25.3 Å². The summed E-state index contributed by atoms with van der Waals surface area (Å²) in [6, 6.07) is 0.438. The van der Waals surface area contributed by atoms with Gasteiger partial charge in [0.25, 0.3) is 0 Å². The van der Waals surface area contributed by atoms with Gasteiger partial charge in [-0.1, -0.05) is 20.8 Å². The summed E-state index contributed by atoms with van der Waals surface area (Å²) in [4.78, 5) is 12.3. The molecule has 2 rings (SSSR count). The fraction of sp³-hybridized carbons (Fsp3) is 0.933. The molecule has 1 saturated heterocycles. The number of hydrogen-bond acceptors (Lipinski definition) is 2. The first-order valence-corrected chi connectivity index (χ1v) is 7.60. The zero-order chi connectivity index (χ0) is 13.1. The second-order valence-corrected chi connectivity index (χ2v) is 6.65. The maximum absolute atomic E-state index is 12.3. The van der Waals surface area contributed by atoms with E-state index in [9.17, 15) is 4.79 Å². The van der Waals surface area contributed by atoms with Crippen LogP contribution in [-0.4, -0.2) is 24.5 Å². The Bertz CT molecular complexity index is 292. The lowest BCUT2D eigenvalue weighted by molar-refractivity contribution is -0.125. The molecular formula is C15H28N2O. The van der Waals surface area contributed by atoms with Gasteiger partial charge in [0, 0.05) is 6.04 Å². The van der Waals surface area contributed by atoms with Crippen LogP contribution >= 0.6 is 0 Å². The molecule has 1 amide bonds. The fourth-order valence-corrected chi connectivity index (χ4v) is 3.47. The summed E-state index contributed by atoms with van der Waals surface area (Å²) in [7, 11) is 0. The summed E-state index contributed by atoms with van der Waals surface area (Å²) >= 11 is 0. The van der Waals surface area contributed by atoms with E-state index in [1.54, 1.807) is 0 Å². The molecule has 5 atom stereocenters. The van der Waals surface area contributed by atoms with Crippen LogP contribution < -0.4 is 10.6 Å². The Morgan fingerprint density at radius 3 is 2.44 bits per heavy atom. The molecule has 1 saturated carbocycles. The Morgan fingerprint density at radius 2 is 1.78 bits per heavy atom. The van der Waals surface area contributed by atoms with Crippen LogP contribution in [0.3, 0.4) is 0 Å². The van der Waals surface area contributed by atoms with E-state index >= 15 is 0 Å². The van der Waals surface area contributed by atoms with Crippen molar-refractivity contribution in [2.75, 3.05) is 6.54 Å². The maximum atomic E-state index is 12.3. The largest absolute Gasteiger partial charge is 0.352 e. The molecule has 3 heteroatoms. The first-order valence-electron chi connectivity index (χ1n) is 7.60. The summed E-state index contributed by atoms with van der Waals surface area (Å²) in [6.45, 7) is 7.82. The van der Waals surface area contributed by atoms with E-state index in [2.05, 4.69) is 31.4 Å². The standard InChI is InChI=1S/C15H28N2O/c1-10-4-5-13(12(3)8-10)17-15(18)14-9-11(2)6-7-16-14/h10-14,16H,4-9H2,1-3H3,(H,17,18). The Hall–Kier alpha value is -0.570. The van der Waals surface area contributed by atoms with Crippen molar-refractivity contribution in [2.24, 2.45) is 17.8 Å². The molecule has 3 nitrogen and oxygen atoms in total. The second-order valence-electron chi connectivity index (χ2n) is 6.65. The summed E-state index contributed by atoms with van der Waals surface area (Å²) < 4.78 is 0. The number of carbonyl (C=O) groups excluding carboxylic acids is 1. The molecule has 1 aliphatic carbocycles. The quantitative estimate of drug-likeness (QED) is 0.792. The van der Waals surface area contributed by atoms with Crippen molar-refractivity contribution >= 4 is 5.91 Å². The van der Waals surface area contributed by atoms with E-state index < -0.39 is 0 Å². The van der Waals surface area contributed by atoms with E-state index in [1.165, 1.54) is 19.3 Å². The van der Waals surface area contributed by atoms with Crippen LogP contribution in [0, 0.1) is 17.8 Å². The van der Waals surface area contributed by atoms with Crippen molar-refractivity contribution in [3.8, 4) is 0 Å². The average Bonchev–Trinajstić information content (AvgIpc) is 2.32. The van der Waals surface area contributed by atoms with Crippen molar-refractivity contribution in [1.29, 1.82) is 0 Å². The van der Waals surface area contributed by atoms with Gasteiger partial charge >= 0.3 is 0 Å². The second kappa shape index (κ2) is 6.05. The van der Waals surface area contributed by atoms with Crippen molar-refractivity contribution in [3.05, 3.63) is 0 Å². The Labute approximate surface area is 111 Å². The molecular weight excluding hydrogens is 224 g/mol. The number of amides is 1. The predicted octanol–water partition coefficient (Wildman–Crippen LogP) is 2.32. The van der Waals surface area contributed by atoms with Gasteiger partial charge in [0.15, 0.2) is 0 Å². The molecule has 18 heavy (non-hydrogen) atoms. The first kappa shape index (κ1) is 13.9. The average molecular weight is 252 g/mol. The SMILES string of the molecule is CC1CCNC(C(=O)NC2CCC(C)CC2C)C1. The van der Waals surface area contributed by atoms with Crippen LogP contribution in [-0.2, 0) is 4.79 Å². The molecule has 0 bridgehead atoms. The minimum Gasteiger partial charge on any atom is -0.352 e. The highest BCUT2D eigenvalue weighted by molar-refractivity contribution is 5.82. The zero-order valence-corrected chi connectivity index (χ0v) is 12.0. The van der Waals surface area contributed by atoms with Crippen LogP contribution in [0.5, 0.6) is 0 Å². The number of nitrogens with one attached hydrogen (secondary N) is 2. The van der Waals surface area contributed by atoms with Gasteiger partial charge in [-0.25, -0.2) is 0 Å². The van der Waals surface area contributed by atoms with E-state index in [1.807, 2.05) is 0 Å². The lowest BCUT2D eigenvalue weighted by atomic mass is 9.79. The smallest absolute Gasteiger partial charge is 0.237 e. The molecule has 0 aromatic carbocycles. The molecule has 0 aromatic rings. The molecule has 0 spiro atoms. The Balaban J connectivity index is 1.83. The highest BCUT2D eigenvalue weighted by Gasteiger charge is 2.30. The predicted molar refractivity (Wildman–Crippen MR) is 74.3 cm³/mol. The van der Waals surface area contributed by atoms with Gasteiger partial charge in [0.2, 0.25) is 5.91 Å². The van der Waals surface area contributed by atoms with Gasteiger partial charge in [0.05, 0.1) is 6.04 Å². The Kier molecular flexibility index (Phi) is 4.66. The zero-order valence-electron chi connectivity index (χ0n) is 12.0. The molecule has 2 aliphatic rings. The monoisotopic (exact) mass is 252 g/mol. The van der Waals surface area contributed by atoms with Gasteiger partial charge in [-0.15, -0.1) is 0 Å². The van der Waals surface area contributed by atoms with Crippen molar-refractivity contribution in [2.45, 2.75) is 65.0 Å². The molecule has 1 aliphatic heterocycles. The topological polar surface area (TPSA) is 41.1 Å². The van der Waals surface area contributed by atoms with E-state index in [4.69, 9.17) is 0 Å². The number of hydrogen-bond donors (Lipinski definition) is 2. The molecule has 0 radical (unpaired) electrons. The van der Waals surface area contributed by atoms with Crippen molar-refractivity contribution < 1.29 is 4.79 Å². The Morgan fingerprint density at radius 1 is 1.06 bits per heavy atom. The molecule has 104 valence electrons. The van der Waals surface area contributed by atoms with Crippen LogP contribution in [0.2, 0.25) is 0 Å².